The SMILES string of the molecule is O=C(CCl)NCc1ccno1. The summed E-state index contributed by atoms with van der Waals surface area (Å²) in [7, 11) is 0. The first-order chi connectivity index (χ1) is 5.33. The van der Waals surface area contributed by atoms with Crippen LogP contribution < -0.4 is 5.32 Å². The molecule has 0 aliphatic rings. The van der Waals surface area contributed by atoms with Crippen molar-refractivity contribution in [2.45, 2.75) is 6.54 Å². The number of aromatic nitrogens is 1. The summed E-state index contributed by atoms with van der Waals surface area (Å²) in [5, 5.41) is 6.00. The van der Waals surface area contributed by atoms with E-state index < -0.39 is 0 Å². The fourth-order valence-corrected chi connectivity index (χ4v) is 0.661. The van der Waals surface area contributed by atoms with Crippen molar-refractivity contribution in [1.29, 1.82) is 0 Å². The first-order valence-corrected chi connectivity index (χ1v) is 3.58. The number of nitrogens with one attached hydrogen (secondary N) is 1. The number of alkyl halides is 1. The van der Waals surface area contributed by atoms with Gasteiger partial charge in [0.25, 0.3) is 0 Å². The molecule has 0 fully saturated rings. The van der Waals surface area contributed by atoms with Gasteiger partial charge >= 0.3 is 0 Å². The minimum atomic E-state index is -0.219. The van der Waals surface area contributed by atoms with E-state index in [-0.39, 0.29) is 11.8 Å². The van der Waals surface area contributed by atoms with Crippen LogP contribution in [0, 0.1) is 0 Å². The zero-order valence-electron chi connectivity index (χ0n) is 5.71. The van der Waals surface area contributed by atoms with Crippen molar-refractivity contribution in [1.82, 2.24) is 10.5 Å². The van der Waals surface area contributed by atoms with Gasteiger partial charge < -0.3 is 9.84 Å². The van der Waals surface area contributed by atoms with Gasteiger partial charge in [0.15, 0.2) is 5.76 Å². The Bertz CT molecular complexity index is 222. The highest BCUT2D eigenvalue weighted by Crippen LogP contribution is 1.94. The summed E-state index contributed by atoms with van der Waals surface area (Å²) in [6, 6.07) is 1.68. The molecule has 0 aliphatic carbocycles. The fraction of sp³-hybridized carbons (Fsp3) is 0.333. The van der Waals surface area contributed by atoms with Crippen molar-refractivity contribution in [3.05, 3.63) is 18.0 Å². The second-order valence-corrected chi connectivity index (χ2v) is 2.16. The third-order valence-corrected chi connectivity index (χ3v) is 1.32. The summed E-state index contributed by atoms with van der Waals surface area (Å²) in [5.74, 6) is 0.361. The van der Waals surface area contributed by atoms with Crippen LogP contribution in [0.25, 0.3) is 0 Å². The van der Waals surface area contributed by atoms with E-state index in [4.69, 9.17) is 16.1 Å². The zero-order chi connectivity index (χ0) is 8.10. The predicted octanol–water partition coefficient (Wildman–Crippen LogP) is 0.530. The number of hydrogen-bond donors (Lipinski definition) is 1. The van der Waals surface area contributed by atoms with Gasteiger partial charge in [-0.2, -0.15) is 0 Å². The van der Waals surface area contributed by atoms with Gasteiger partial charge in [-0.15, -0.1) is 11.6 Å². The van der Waals surface area contributed by atoms with Gasteiger partial charge in [0.1, 0.15) is 5.88 Å². The molecular formula is C6H7ClN2O2. The van der Waals surface area contributed by atoms with Crippen LogP contribution in [-0.4, -0.2) is 16.9 Å². The minimum Gasteiger partial charge on any atom is -0.360 e. The first kappa shape index (κ1) is 8.07. The highest BCUT2D eigenvalue weighted by Gasteiger charge is 1.99. The van der Waals surface area contributed by atoms with Crippen LogP contribution in [0.1, 0.15) is 5.76 Å². The molecule has 11 heavy (non-hydrogen) atoms. The molecule has 1 aromatic rings. The Morgan fingerprint density at radius 1 is 1.82 bits per heavy atom. The molecule has 0 unspecified atom stereocenters. The molecule has 0 atom stereocenters. The second-order valence-electron chi connectivity index (χ2n) is 1.89. The van der Waals surface area contributed by atoms with Crippen LogP contribution in [-0.2, 0) is 11.3 Å². The van der Waals surface area contributed by atoms with Crippen LogP contribution in [0.2, 0.25) is 0 Å². The van der Waals surface area contributed by atoms with E-state index in [2.05, 4.69) is 10.5 Å². The largest absolute Gasteiger partial charge is 0.360 e. The van der Waals surface area contributed by atoms with Crippen LogP contribution in [0.15, 0.2) is 16.8 Å². The van der Waals surface area contributed by atoms with E-state index in [1.54, 1.807) is 6.07 Å². The van der Waals surface area contributed by atoms with Gasteiger partial charge in [-0.3, -0.25) is 4.79 Å². The summed E-state index contributed by atoms with van der Waals surface area (Å²) in [4.78, 5) is 10.6. The summed E-state index contributed by atoms with van der Waals surface area (Å²) in [6.45, 7) is 0.339. The predicted molar refractivity (Wildman–Crippen MR) is 39.1 cm³/mol. The van der Waals surface area contributed by atoms with Gasteiger partial charge in [-0.25, -0.2) is 0 Å². The number of amides is 1. The van der Waals surface area contributed by atoms with Crippen LogP contribution in [0.4, 0.5) is 0 Å². The molecule has 0 radical (unpaired) electrons. The molecule has 0 bridgehead atoms. The van der Waals surface area contributed by atoms with Crippen molar-refractivity contribution in [2.24, 2.45) is 0 Å². The van der Waals surface area contributed by atoms with Gasteiger partial charge in [0, 0.05) is 6.07 Å². The molecule has 0 aromatic carbocycles. The maximum Gasteiger partial charge on any atom is 0.235 e. The summed E-state index contributed by atoms with van der Waals surface area (Å²) in [6.07, 6.45) is 1.52. The molecule has 1 N–H and O–H groups in total. The molecule has 5 heteroatoms. The Morgan fingerprint density at radius 2 is 2.64 bits per heavy atom. The quantitative estimate of drug-likeness (QED) is 0.681. The molecule has 4 nitrogen and oxygen atoms in total. The van der Waals surface area contributed by atoms with Crippen LogP contribution in [0.3, 0.4) is 0 Å². The molecule has 0 saturated carbocycles. The Kier molecular flexibility index (Phi) is 2.92. The first-order valence-electron chi connectivity index (χ1n) is 3.05. The lowest BCUT2D eigenvalue weighted by Crippen LogP contribution is -2.23. The summed E-state index contributed by atoms with van der Waals surface area (Å²) in [5.41, 5.74) is 0. The van der Waals surface area contributed by atoms with Crippen molar-refractivity contribution in [2.75, 3.05) is 5.88 Å². The van der Waals surface area contributed by atoms with E-state index >= 15 is 0 Å². The van der Waals surface area contributed by atoms with E-state index in [9.17, 15) is 4.79 Å². The zero-order valence-corrected chi connectivity index (χ0v) is 6.47. The molecular weight excluding hydrogens is 168 g/mol. The number of hydrogen-bond acceptors (Lipinski definition) is 3. The van der Waals surface area contributed by atoms with Crippen LogP contribution in [0.5, 0.6) is 0 Å². The highest BCUT2D eigenvalue weighted by atomic mass is 35.5. The maximum absolute atomic E-state index is 10.6. The van der Waals surface area contributed by atoms with E-state index in [1.165, 1.54) is 6.20 Å². The molecule has 1 amide bonds. The standard InChI is InChI=1S/C6H7ClN2O2/c7-3-6(10)8-4-5-1-2-9-11-5/h1-2H,3-4H2,(H,8,10). The van der Waals surface area contributed by atoms with E-state index in [0.717, 1.165) is 0 Å². The Balaban J connectivity index is 2.29. The van der Waals surface area contributed by atoms with Gasteiger partial charge in [0.2, 0.25) is 5.91 Å². The van der Waals surface area contributed by atoms with Crippen molar-refractivity contribution < 1.29 is 9.32 Å². The number of nitrogens with zero attached hydrogens (tertiary/aromatic N) is 1. The number of halogens is 1. The van der Waals surface area contributed by atoms with Gasteiger partial charge in [-0.05, 0) is 0 Å². The molecule has 0 aliphatic heterocycles. The molecule has 1 heterocycles. The lowest BCUT2D eigenvalue weighted by atomic mass is 10.4. The number of rotatable bonds is 3. The summed E-state index contributed by atoms with van der Waals surface area (Å²) < 4.78 is 4.72. The average molecular weight is 175 g/mol. The monoisotopic (exact) mass is 174 g/mol. The summed E-state index contributed by atoms with van der Waals surface area (Å²) >= 11 is 5.23. The van der Waals surface area contributed by atoms with Crippen molar-refractivity contribution in [3.63, 3.8) is 0 Å². The lowest BCUT2D eigenvalue weighted by Gasteiger charge is -1.96. The van der Waals surface area contributed by atoms with Crippen molar-refractivity contribution >= 4 is 17.5 Å². The van der Waals surface area contributed by atoms with Crippen LogP contribution >= 0.6 is 11.6 Å². The highest BCUT2D eigenvalue weighted by molar-refractivity contribution is 6.27. The number of carbonyl (C=O) groups excluding carboxylic acids is 1. The molecule has 60 valence electrons. The molecule has 0 saturated heterocycles. The molecule has 1 aromatic heterocycles. The van der Waals surface area contributed by atoms with E-state index in [1.807, 2.05) is 0 Å². The Morgan fingerprint density at radius 3 is 3.18 bits per heavy atom. The Hall–Kier alpha value is -1.03. The smallest absolute Gasteiger partial charge is 0.235 e. The fourth-order valence-electron chi connectivity index (χ4n) is 0.566. The topological polar surface area (TPSA) is 55.1 Å². The third kappa shape index (κ3) is 2.59. The lowest BCUT2D eigenvalue weighted by molar-refractivity contribution is -0.118. The average Bonchev–Trinajstić information content (AvgIpc) is 2.52. The molecule has 0 spiro atoms. The third-order valence-electron chi connectivity index (χ3n) is 1.07. The number of carbonyl (C=O) groups is 1. The Labute approximate surface area is 68.5 Å². The normalized spacial score (nSPS) is 9.55. The van der Waals surface area contributed by atoms with Gasteiger partial charge in [-0.1, -0.05) is 5.16 Å². The maximum atomic E-state index is 10.6. The molecule has 1 rings (SSSR count). The van der Waals surface area contributed by atoms with Gasteiger partial charge in [0.05, 0.1) is 12.7 Å². The minimum absolute atomic E-state index is 0.0336. The van der Waals surface area contributed by atoms with Crippen molar-refractivity contribution in [3.8, 4) is 0 Å². The second kappa shape index (κ2) is 3.98. The van der Waals surface area contributed by atoms with E-state index in [0.29, 0.717) is 12.3 Å².